The number of carbonyl (C=O) groups excluding carboxylic acids is 10. The van der Waals surface area contributed by atoms with Crippen molar-refractivity contribution in [3.63, 3.8) is 0 Å². The van der Waals surface area contributed by atoms with E-state index in [1.54, 1.807) is 173 Å². The first kappa shape index (κ1) is 74.8. The SMILES string of the molecule is COC(=O)c1cc(NC(=O)c2cc(CC(=O)c3cc(NC(=O)c4cc(C)cn4C)cn3C)cn2C)cn1C.COC(=O)c1cc(NC(=O)c2cc(CC(=O)c3cc(NC(=O)c4cc(NC(=O)CCCCCBr)cn4C)cn3C)cn2C)cn1C.O=C(Cl)CCCCCBr.[2H]CF. The number of nitrogens with one attached hydrogen (secondary N) is 5. The Morgan fingerprint density at radius 3 is 1.06 bits per heavy atom. The molecule has 29 heteroatoms. The highest BCUT2D eigenvalue weighted by molar-refractivity contribution is 9.09. The number of hydrogen-bond acceptors (Lipinski definition) is 12. The summed E-state index contributed by atoms with van der Waals surface area (Å²) in [6.45, 7) is 1.91. The van der Waals surface area contributed by atoms with Crippen molar-refractivity contribution in [1.82, 2.24) is 36.5 Å². The van der Waals surface area contributed by atoms with E-state index in [1.807, 2.05) is 13.1 Å². The Labute approximate surface area is 573 Å². The molecule has 8 aromatic heterocycles. The molecule has 0 saturated heterocycles. The first-order chi connectivity index (χ1) is 45.5. The van der Waals surface area contributed by atoms with Crippen LogP contribution in [0.5, 0.6) is 0 Å². The lowest BCUT2D eigenvalue weighted by Gasteiger charge is -2.03. The minimum atomic E-state index is -1.00. The highest BCUT2D eigenvalue weighted by Gasteiger charge is 2.23. The van der Waals surface area contributed by atoms with Gasteiger partial charge in [0.25, 0.3) is 23.6 Å². The lowest BCUT2D eigenvalue weighted by molar-refractivity contribution is -0.116. The van der Waals surface area contributed by atoms with Gasteiger partial charge < -0.3 is 72.6 Å². The summed E-state index contributed by atoms with van der Waals surface area (Å²) in [5.41, 5.74) is 7.60. The van der Waals surface area contributed by atoms with Crippen molar-refractivity contribution in [3.05, 3.63) is 160 Å². The standard InChI is InChI=1S/C32H38BrN7O6.C27H30N6O5.C6H10BrClO.CH3F/c1-37-16-20(11-25(37)30(43)36-23-15-27(32(45)46-5)40(4)19-23)12-28(41)24-13-22(18-38(24)2)35-31(44)26-14-21(17-39(26)3)34-29(42)9-7-6-8-10-33;1-16-7-21(30(2)12-16)25(35)28-18-10-20(32(4)14-18)24(34)9-17-8-22(31(3)13-17)26(36)29-19-11-23(27(37)38-6)33(5)15-19;7-5-3-1-2-4-6(8)9;1-2/h11,13-19H,6-10,12H2,1-5H3,(H,34,42)(H,35,44)(H,36,43);7-8,10-15H,9H2,1-6H3,(H,28,35)(H,29,36);1-5H2;1H3/i;;;1D. The van der Waals surface area contributed by atoms with Gasteiger partial charge in [-0.25, -0.2) is 9.59 Å². The number of ether oxygens (including phenoxy) is 2. The number of rotatable bonds is 27. The second kappa shape index (κ2) is 36.4. The third-order valence-electron chi connectivity index (χ3n) is 14.7. The molecule has 8 rings (SSSR count). The predicted molar refractivity (Wildman–Crippen MR) is 370 cm³/mol. The van der Waals surface area contributed by atoms with Gasteiger partial charge in [0.2, 0.25) is 11.1 Å². The van der Waals surface area contributed by atoms with Gasteiger partial charge in [-0.15, -0.1) is 0 Å². The molecule has 8 aromatic rings. The number of anilines is 5. The molecule has 0 aliphatic rings. The van der Waals surface area contributed by atoms with Crippen LogP contribution in [0.15, 0.2) is 98.1 Å². The number of hydrogen-bond donors (Lipinski definition) is 5. The fourth-order valence-corrected chi connectivity index (χ4v) is 11.0. The molecule has 25 nitrogen and oxygen atoms in total. The summed E-state index contributed by atoms with van der Waals surface area (Å²) >= 11 is 11.8. The highest BCUT2D eigenvalue weighted by Crippen LogP contribution is 2.24. The smallest absolute Gasteiger partial charge is 0.354 e. The van der Waals surface area contributed by atoms with Crippen molar-refractivity contribution in [2.75, 3.05) is 58.6 Å². The Morgan fingerprint density at radius 2 is 0.716 bits per heavy atom. The molecule has 0 saturated carbocycles. The zero-order chi connectivity index (χ0) is 71.1. The van der Waals surface area contributed by atoms with Crippen molar-refractivity contribution in [2.24, 2.45) is 56.4 Å². The molecule has 5 amide bonds. The molecule has 95 heavy (non-hydrogen) atoms. The predicted octanol–water partition coefficient (Wildman–Crippen LogP) is 11.0. The Morgan fingerprint density at radius 1 is 0.421 bits per heavy atom. The van der Waals surface area contributed by atoms with Crippen molar-refractivity contribution in [3.8, 4) is 0 Å². The van der Waals surface area contributed by atoms with Crippen molar-refractivity contribution in [2.45, 2.75) is 71.1 Å². The third kappa shape index (κ3) is 21.9. The normalized spacial score (nSPS) is 10.7. The molecule has 0 radical (unpaired) electrons. The van der Waals surface area contributed by atoms with Crippen LogP contribution >= 0.6 is 43.5 Å². The number of ketones is 2. The molecule has 0 bridgehead atoms. The quantitative estimate of drug-likeness (QED) is 0.0106. The molecule has 0 aliphatic carbocycles. The Hall–Kier alpha value is -9.28. The average Bonchev–Trinajstić information content (AvgIpc) is 1.72. The third-order valence-corrected chi connectivity index (χ3v) is 16.0. The molecule has 0 aromatic carbocycles. The number of methoxy groups -OCH3 is 2. The van der Waals surface area contributed by atoms with E-state index in [0.717, 1.165) is 54.7 Å². The molecule has 0 aliphatic heterocycles. The zero-order valence-corrected chi connectivity index (χ0v) is 58.8. The summed E-state index contributed by atoms with van der Waals surface area (Å²) in [4.78, 5) is 124. The van der Waals surface area contributed by atoms with E-state index in [1.165, 1.54) is 26.4 Å². The first-order valence-electron chi connectivity index (χ1n) is 30.4. The minimum Gasteiger partial charge on any atom is -0.464 e. The maximum atomic E-state index is 13.3. The van der Waals surface area contributed by atoms with Gasteiger partial charge in [0.1, 0.15) is 34.2 Å². The van der Waals surface area contributed by atoms with Crippen LogP contribution in [0, 0.1) is 6.92 Å². The van der Waals surface area contributed by atoms with Crippen LogP contribution in [0.2, 0.25) is 0 Å². The summed E-state index contributed by atoms with van der Waals surface area (Å²) in [5.74, 6) is -2.93. The van der Waals surface area contributed by atoms with E-state index in [9.17, 15) is 52.3 Å². The van der Waals surface area contributed by atoms with Crippen LogP contribution < -0.4 is 26.6 Å². The summed E-state index contributed by atoms with van der Waals surface area (Å²) in [6, 6.07) is 13.0. The molecule has 5 N–H and O–H groups in total. The van der Waals surface area contributed by atoms with Crippen molar-refractivity contribution >= 4 is 130 Å². The topological polar surface area (TPSA) is 289 Å². The maximum absolute atomic E-state index is 13.3. The molecule has 0 atom stereocenters. The minimum absolute atomic E-state index is 0.0289. The Kier molecular flexibility index (Phi) is 28.6. The number of esters is 2. The molecule has 510 valence electrons. The van der Waals surface area contributed by atoms with Gasteiger partial charge in [-0.3, -0.25) is 42.7 Å². The van der Waals surface area contributed by atoms with Crippen molar-refractivity contribution < 1.29 is 63.2 Å². The highest BCUT2D eigenvalue weighted by atomic mass is 79.9. The number of unbranched alkanes of at least 4 members (excludes halogenated alkanes) is 4. The molecule has 0 spiro atoms. The number of carbonyl (C=O) groups is 10. The number of nitrogens with zero attached hydrogens (tertiary/aromatic N) is 8. The summed E-state index contributed by atoms with van der Waals surface area (Å²) < 4.78 is 38.1. The van der Waals surface area contributed by atoms with Gasteiger partial charge >= 0.3 is 11.9 Å². The van der Waals surface area contributed by atoms with E-state index in [4.69, 9.17) is 22.4 Å². The fourth-order valence-electron chi connectivity index (χ4n) is 10.1. The summed E-state index contributed by atoms with van der Waals surface area (Å²) in [6.07, 6.45) is 20.5. The van der Waals surface area contributed by atoms with Gasteiger partial charge in [0, 0.05) is 142 Å². The fraction of sp³-hybridized carbons (Fsp3) is 0.364. The number of aryl methyl sites for hydroxylation is 9. The molecular weight excluding hydrogens is 1380 g/mol. The molecule has 0 fully saturated rings. The second-order valence-corrected chi connectivity index (χ2v) is 24.2. The van der Waals surface area contributed by atoms with Crippen LogP contribution in [0.4, 0.5) is 32.8 Å². The van der Waals surface area contributed by atoms with E-state index in [-0.39, 0.29) is 53.3 Å². The molecule has 0 unspecified atom stereocenters. The van der Waals surface area contributed by atoms with Crippen molar-refractivity contribution in [1.29, 1.82) is 0 Å². The van der Waals surface area contributed by atoms with Crippen LogP contribution in [-0.2, 0) is 88.3 Å². The van der Waals surface area contributed by atoms with E-state index < -0.39 is 25.0 Å². The summed E-state index contributed by atoms with van der Waals surface area (Å²) in [5, 5.41) is 15.7. The van der Waals surface area contributed by atoms with Gasteiger partial charge in [-0.1, -0.05) is 44.7 Å². The number of halogens is 4. The molecule has 8 heterocycles. The van der Waals surface area contributed by atoms with Gasteiger partial charge in [-0.2, -0.15) is 0 Å². The maximum Gasteiger partial charge on any atom is 0.354 e. The van der Waals surface area contributed by atoms with Gasteiger partial charge in [0.05, 0.1) is 62.6 Å². The largest absolute Gasteiger partial charge is 0.464 e. The van der Waals surface area contributed by atoms with Crippen LogP contribution in [0.3, 0.4) is 0 Å². The number of aromatic nitrogens is 8. The lowest BCUT2D eigenvalue weighted by Crippen LogP contribution is -2.15. The summed E-state index contributed by atoms with van der Waals surface area (Å²) in [7, 11) is 15.3. The van der Waals surface area contributed by atoms with E-state index in [0.29, 0.717) is 98.0 Å². The van der Waals surface area contributed by atoms with E-state index >= 15 is 0 Å². The Balaban J connectivity index is 0.000000300. The Bertz CT molecular complexity index is 4090. The zero-order valence-electron chi connectivity index (χ0n) is 55.9. The van der Waals surface area contributed by atoms with Gasteiger partial charge in [0.15, 0.2) is 11.6 Å². The number of alkyl halides is 3. The van der Waals surface area contributed by atoms with E-state index in [2.05, 4.69) is 58.4 Å². The molecular formula is C66H81Br2ClFN13O12. The van der Waals surface area contributed by atoms with Crippen LogP contribution in [-0.4, -0.2) is 127 Å². The van der Waals surface area contributed by atoms with Crippen LogP contribution in [0.1, 0.15) is 153 Å². The number of Topliss-reactive ketones (excluding diaryl/α,β-unsaturated/α-hetero) is 2. The monoisotopic (exact) mass is 1460 g/mol. The van der Waals surface area contributed by atoms with Gasteiger partial charge in [-0.05, 0) is 109 Å². The first-order valence-corrected chi connectivity index (χ1v) is 32.4. The second-order valence-electron chi connectivity index (χ2n) is 22.2. The number of amides is 5. The lowest BCUT2D eigenvalue weighted by atomic mass is 10.1. The van der Waals surface area contributed by atoms with Crippen LogP contribution in [0.25, 0.3) is 0 Å². The average molecular weight is 1460 g/mol.